The van der Waals surface area contributed by atoms with Gasteiger partial charge in [0.1, 0.15) is 0 Å². The number of carboxylic acid groups (broad SMARTS) is 1. The maximum Gasteiger partial charge on any atom is 0.332 e. The third-order valence-corrected chi connectivity index (χ3v) is 4.24. The number of hydrogen-bond donors (Lipinski definition) is 2. The summed E-state index contributed by atoms with van der Waals surface area (Å²) in [5.41, 5.74) is 2.03. The fourth-order valence-electron chi connectivity index (χ4n) is 2.34. The molecular weight excluding hydrogens is 288 g/mol. The van der Waals surface area contributed by atoms with E-state index < -0.39 is 12.1 Å². The number of benzene rings is 1. The molecule has 0 radical (unpaired) electrons. The standard InChI is InChI=1S/C15H16N2O3S/c18-14(19)13-7-6-11(20-13)8-16-15-17-12(9-21-15)10-4-2-1-3-5-10/h1-5,9,11,13H,6-8H2,(H,16,17)(H,18,19). The summed E-state index contributed by atoms with van der Waals surface area (Å²) >= 11 is 1.54. The van der Waals surface area contributed by atoms with Crippen LogP contribution in [0.4, 0.5) is 5.13 Å². The van der Waals surface area contributed by atoms with Crippen LogP contribution in [-0.2, 0) is 9.53 Å². The van der Waals surface area contributed by atoms with E-state index in [-0.39, 0.29) is 6.10 Å². The van der Waals surface area contributed by atoms with Crippen molar-refractivity contribution in [1.82, 2.24) is 4.98 Å². The van der Waals surface area contributed by atoms with Crippen LogP contribution in [0.3, 0.4) is 0 Å². The molecule has 0 aliphatic carbocycles. The lowest BCUT2D eigenvalue weighted by atomic mass is 10.2. The first-order chi connectivity index (χ1) is 10.2. The molecule has 0 amide bonds. The summed E-state index contributed by atoms with van der Waals surface area (Å²) in [5.74, 6) is -0.877. The van der Waals surface area contributed by atoms with Gasteiger partial charge in [-0.1, -0.05) is 30.3 Å². The van der Waals surface area contributed by atoms with Crippen LogP contribution in [0.1, 0.15) is 12.8 Å². The number of ether oxygens (including phenoxy) is 1. The van der Waals surface area contributed by atoms with E-state index >= 15 is 0 Å². The molecule has 3 rings (SSSR count). The summed E-state index contributed by atoms with van der Waals surface area (Å²) in [6, 6.07) is 10.00. The lowest BCUT2D eigenvalue weighted by molar-refractivity contribution is -0.149. The molecule has 0 bridgehead atoms. The van der Waals surface area contributed by atoms with Gasteiger partial charge in [0, 0.05) is 17.5 Å². The van der Waals surface area contributed by atoms with Crippen LogP contribution in [0.25, 0.3) is 11.3 Å². The molecule has 6 heteroatoms. The third-order valence-electron chi connectivity index (χ3n) is 3.44. The van der Waals surface area contributed by atoms with Gasteiger partial charge >= 0.3 is 5.97 Å². The predicted octanol–water partition coefficient (Wildman–Crippen LogP) is 2.85. The van der Waals surface area contributed by atoms with Crippen LogP contribution >= 0.6 is 11.3 Å². The van der Waals surface area contributed by atoms with Gasteiger partial charge in [0.25, 0.3) is 0 Å². The highest BCUT2D eigenvalue weighted by atomic mass is 32.1. The highest BCUT2D eigenvalue weighted by molar-refractivity contribution is 7.14. The van der Waals surface area contributed by atoms with Gasteiger partial charge in [0.15, 0.2) is 11.2 Å². The van der Waals surface area contributed by atoms with Gasteiger partial charge in [0.2, 0.25) is 0 Å². The van der Waals surface area contributed by atoms with Crippen molar-refractivity contribution in [3.05, 3.63) is 35.7 Å². The molecule has 1 saturated heterocycles. The number of thiazole rings is 1. The van der Waals surface area contributed by atoms with Crippen molar-refractivity contribution in [3.63, 3.8) is 0 Å². The Labute approximate surface area is 126 Å². The number of aromatic nitrogens is 1. The first kappa shape index (κ1) is 14.0. The van der Waals surface area contributed by atoms with E-state index in [9.17, 15) is 4.79 Å². The molecule has 110 valence electrons. The summed E-state index contributed by atoms with van der Waals surface area (Å²) < 4.78 is 5.45. The largest absolute Gasteiger partial charge is 0.479 e. The molecule has 1 fully saturated rings. The molecule has 5 nitrogen and oxygen atoms in total. The zero-order valence-corrected chi connectivity index (χ0v) is 12.2. The monoisotopic (exact) mass is 304 g/mol. The fraction of sp³-hybridized carbons (Fsp3) is 0.333. The van der Waals surface area contributed by atoms with Crippen molar-refractivity contribution in [1.29, 1.82) is 0 Å². The zero-order chi connectivity index (χ0) is 14.7. The molecule has 1 aromatic heterocycles. The van der Waals surface area contributed by atoms with Crippen molar-refractivity contribution in [3.8, 4) is 11.3 Å². The van der Waals surface area contributed by atoms with Crippen LogP contribution in [0.5, 0.6) is 0 Å². The Hall–Kier alpha value is -1.92. The molecule has 0 saturated carbocycles. The minimum absolute atomic E-state index is 0.0600. The molecule has 1 aliphatic rings. The maximum atomic E-state index is 10.8. The topological polar surface area (TPSA) is 71.5 Å². The molecule has 2 atom stereocenters. The van der Waals surface area contributed by atoms with Crippen molar-refractivity contribution in [2.75, 3.05) is 11.9 Å². The molecule has 21 heavy (non-hydrogen) atoms. The lowest BCUT2D eigenvalue weighted by Gasteiger charge is -2.11. The van der Waals surface area contributed by atoms with Gasteiger partial charge in [-0.3, -0.25) is 0 Å². The van der Waals surface area contributed by atoms with Crippen LogP contribution in [-0.4, -0.2) is 34.8 Å². The van der Waals surface area contributed by atoms with Gasteiger partial charge < -0.3 is 15.2 Å². The van der Waals surface area contributed by atoms with Crippen molar-refractivity contribution in [2.24, 2.45) is 0 Å². The van der Waals surface area contributed by atoms with Crippen LogP contribution in [0.15, 0.2) is 35.7 Å². The average Bonchev–Trinajstić information content (AvgIpc) is 3.15. The van der Waals surface area contributed by atoms with Gasteiger partial charge in [0.05, 0.1) is 11.8 Å². The van der Waals surface area contributed by atoms with E-state index in [0.717, 1.165) is 22.8 Å². The van der Waals surface area contributed by atoms with Crippen molar-refractivity contribution >= 4 is 22.4 Å². The van der Waals surface area contributed by atoms with E-state index in [4.69, 9.17) is 9.84 Å². The third kappa shape index (κ3) is 3.40. The number of rotatable bonds is 5. The summed E-state index contributed by atoms with van der Waals surface area (Å²) in [6.07, 6.45) is 0.624. The number of aliphatic carboxylic acids is 1. The molecule has 2 aromatic rings. The van der Waals surface area contributed by atoms with Crippen LogP contribution < -0.4 is 5.32 Å². The smallest absolute Gasteiger partial charge is 0.332 e. The van der Waals surface area contributed by atoms with Gasteiger partial charge in [-0.05, 0) is 12.8 Å². The summed E-state index contributed by atoms with van der Waals surface area (Å²) in [6.45, 7) is 0.589. The van der Waals surface area contributed by atoms with E-state index in [1.54, 1.807) is 11.3 Å². The van der Waals surface area contributed by atoms with Gasteiger partial charge in [-0.25, -0.2) is 9.78 Å². The van der Waals surface area contributed by atoms with Crippen LogP contribution in [0, 0.1) is 0 Å². The summed E-state index contributed by atoms with van der Waals surface area (Å²) in [4.78, 5) is 15.4. The first-order valence-electron chi connectivity index (χ1n) is 6.85. The Bertz CT molecular complexity index is 614. The number of nitrogens with one attached hydrogen (secondary N) is 1. The molecule has 2 N–H and O–H groups in total. The second-order valence-corrected chi connectivity index (χ2v) is 5.81. The maximum absolute atomic E-state index is 10.8. The Kier molecular flexibility index (Phi) is 4.17. The second-order valence-electron chi connectivity index (χ2n) is 4.95. The van der Waals surface area contributed by atoms with E-state index in [0.29, 0.717) is 13.0 Å². The Morgan fingerprint density at radius 2 is 2.19 bits per heavy atom. The second kappa shape index (κ2) is 6.24. The SMILES string of the molecule is O=C(O)C1CCC(CNc2nc(-c3ccccc3)cs2)O1. The average molecular weight is 304 g/mol. The number of carboxylic acids is 1. The number of carbonyl (C=O) groups is 1. The van der Waals surface area contributed by atoms with Gasteiger partial charge in [-0.2, -0.15) is 0 Å². The fourth-order valence-corrected chi connectivity index (χ4v) is 3.06. The lowest BCUT2D eigenvalue weighted by Crippen LogP contribution is -2.24. The highest BCUT2D eigenvalue weighted by Crippen LogP contribution is 2.25. The molecule has 2 unspecified atom stereocenters. The molecule has 2 heterocycles. The summed E-state index contributed by atoms with van der Waals surface area (Å²) in [7, 11) is 0. The number of nitrogens with zero attached hydrogens (tertiary/aromatic N) is 1. The number of hydrogen-bond acceptors (Lipinski definition) is 5. The quantitative estimate of drug-likeness (QED) is 0.888. The molecule has 1 aliphatic heterocycles. The van der Waals surface area contributed by atoms with E-state index in [2.05, 4.69) is 10.3 Å². The zero-order valence-electron chi connectivity index (χ0n) is 11.4. The van der Waals surface area contributed by atoms with Crippen molar-refractivity contribution in [2.45, 2.75) is 25.0 Å². The van der Waals surface area contributed by atoms with E-state index in [1.165, 1.54) is 0 Å². The number of anilines is 1. The Balaban J connectivity index is 1.55. The molecular formula is C15H16N2O3S. The Morgan fingerprint density at radius 3 is 2.90 bits per heavy atom. The highest BCUT2D eigenvalue weighted by Gasteiger charge is 2.30. The normalized spacial score (nSPS) is 21.3. The van der Waals surface area contributed by atoms with Gasteiger partial charge in [-0.15, -0.1) is 11.3 Å². The minimum atomic E-state index is -0.877. The summed E-state index contributed by atoms with van der Waals surface area (Å²) in [5, 5.41) is 15.0. The molecule has 0 spiro atoms. The minimum Gasteiger partial charge on any atom is -0.479 e. The van der Waals surface area contributed by atoms with E-state index in [1.807, 2.05) is 35.7 Å². The van der Waals surface area contributed by atoms with Crippen molar-refractivity contribution < 1.29 is 14.6 Å². The Morgan fingerprint density at radius 1 is 1.38 bits per heavy atom. The first-order valence-corrected chi connectivity index (χ1v) is 7.73. The molecule has 1 aromatic carbocycles. The predicted molar refractivity (Wildman–Crippen MR) is 81.6 cm³/mol. The van der Waals surface area contributed by atoms with Crippen LogP contribution in [0.2, 0.25) is 0 Å².